The Morgan fingerprint density at radius 3 is 2.59 bits per heavy atom. The molecule has 0 amide bonds. The maximum absolute atomic E-state index is 14.7. The largest absolute Gasteiger partial charge is 0.494 e. The van der Waals surface area contributed by atoms with Crippen molar-refractivity contribution in [3.05, 3.63) is 64.6 Å². The summed E-state index contributed by atoms with van der Waals surface area (Å²) < 4.78 is 27.5. The summed E-state index contributed by atoms with van der Waals surface area (Å²) in [6, 6.07) is 9.91. The Labute approximate surface area is 189 Å². The number of hydrogen-bond acceptors (Lipinski definition) is 6. The normalized spacial score (nSPS) is 25.9. The first-order valence-corrected chi connectivity index (χ1v) is 10.7. The van der Waals surface area contributed by atoms with Crippen LogP contribution in [0, 0.1) is 5.82 Å². The third kappa shape index (κ3) is 4.10. The molecule has 2 heterocycles. The standard InChI is InChI=1S/C23H25ClFNO6/c1-2-31-13-7-6-12(16(25)8-13)9-26-10-14(19-15(24)4-3-5-17(19)26)23-22(30)21(29)20(28)18(11-27)32-23/h3-8,10,18,20-23,27-30H,2,9,11H2,1H3/t18-,20-,21+,22-,23+/m1/s1. The van der Waals surface area contributed by atoms with Gasteiger partial charge in [0.15, 0.2) is 0 Å². The smallest absolute Gasteiger partial charge is 0.131 e. The molecule has 4 rings (SSSR count). The molecule has 9 heteroatoms. The lowest BCUT2D eigenvalue weighted by molar-refractivity contribution is -0.231. The van der Waals surface area contributed by atoms with Gasteiger partial charge in [0, 0.05) is 28.8 Å². The molecule has 4 N–H and O–H groups in total. The zero-order valence-electron chi connectivity index (χ0n) is 17.4. The van der Waals surface area contributed by atoms with Crippen LogP contribution in [0.15, 0.2) is 42.6 Å². The first-order chi connectivity index (χ1) is 15.3. The van der Waals surface area contributed by atoms with Crippen LogP contribution in [-0.2, 0) is 11.3 Å². The quantitative estimate of drug-likeness (QED) is 0.445. The van der Waals surface area contributed by atoms with Gasteiger partial charge in [-0.1, -0.05) is 23.7 Å². The molecule has 172 valence electrons. The van der Waals surface area contributed by atoms with Gasteiger partial charge in [-0.3, -0.25) is 0 Å². The van der Waals surface area contributed by atoms with Crippen LogP contribution in [0.4, 0.5) is 4.39 Å². The van der Waals surface area contributed by atoms with Crippen molar-refractivity contribution >= 4 is 22.5 Å². The van der Waals surface area contributed by atoms with E-state index in [0.29, 0.717) is 39.4 Å². The van der Waals surface area contributed by atoms with Crippen molar-refractivity contribution in [1.82, 2.24) is 4.57 Å². The van der Waals surface area contributed by atoms with E-state index in [1.165, 1.54) is 6.07 Å². The maximum Gasteiger partial charge on any atom is 0.131 e. The number of aliphatic hydroxyl groups excluding tert-OH is 4. The number of rotatable bonds is 6. The molecule has 3 aromatic rings. The minimum absolute atomic E-state index is 0.173. The average molecular weight is 466 g/mol. The highest BCUT2D eigenvalue weighted by atomic mass is 35.5. The Morgan fingerprint density at radius 1 is 1.12 bits per heavy atom. The molecule has 0 spiro atoms. The van der Waals surface area contributed by atoms with Gasteiger partial charge in [-0.05, 0) is 25.1 Å². The summed E-state index contributed by atoms with van der Waals surface area (Å²) in [4.78, 5) is 0. The number of halogens is 2. The van der Waals surface area contributed by atoms with Gasteiger partial charge in [0.05, 0.1) is 30.3 Å². The van der Waals surface area contributed by atoms with Gasteiger partial charge in [-0.25, -0.2) is 4.39 Å². The van der Waals surface area contributed by atoms with Crippen molar-refractivity contribution in [1.29, 1.82) is 0 Å². The van der Waals surface area contributed by atoms with Crippen LogP contribution < -0.4 is 4.74 Å². The fraction of sp³-hybridized carbons (Fsp3) is 0.391. The van der Waals surface area contributed by atoms with E-state index in [-0.39, 0.29) is 6.54 Å². The molecule has 1 aromatic heterocycles. The molecule has 1 aliphatic rings. The van der Waals surface area contributed by atoms with Crippen LogP contribution in [0.3, 0.4) is 0 Å². The molecule has 0 unspecified atom stereocenters. The molecule has 5 atom stereocenters. The van der Waals surface area contributed by atoms with Gasteiger partial charge in [0.25, 0.3) is 0 Å². The van der Waals surface area contributed by atoms with Gasteiger partial charge in [0.2, 0.25) is 0 Å². The molecule has 32 heavy (non-hydrogen) atoms. The summed E-state index contributed by atoms with van der Waals surface area (Å²) in [6.07, 6.45) is -4.87. The molecule has 0 saturated carbocycles. The van der Waals surface area contributed by atoms with Crippen molar-refractivity contribution in [3.63, 3.8) is 0 Å². The van der Waals surface area contributed by atoms with Crippen molar-refractivity contribution < 1.29 is 34.3 Å². The molecule has 7 nitrogen and oxygen atoms in total. The van der Waals surface area contributed by atoms with Crippen LogP contribution in [0.1, 0.15) is 24.2 Å². The summed E-state index contributed by atoms with van der Waals surface area (Å²) in [5.41, 5.74) is 1.57. The van der Waals surface area contributed by atoms with E-state index in [2.05, 4.69) is 0 Å². The topological polar surface area (TPSA) is 104 Å². The van der Waals surface area contributed by atoms with Crippen LogP contribution in [0.25, 0.3) is 10.9 Å². The highest BCUT2D eigenvalue weighted by Crippen LogP contribution is 2.39. The minimum atomic E-state index is -1.52. The molecule has 0 bridgehead atoms. The molecule has 1 saturated heterocycles. The first-order valence-electron chi connectivity index (χ1n) is 10.3. The Hall–Kier alpha value is -2.20. The number of benzene rings is 2. The van der Waals surface area contributed by atoms with Crippen molar-refractivity contribution in [2.24, 2.45) is 0 Å². The molecule has 1 fully saturated rings. The first kappa shape index (κ1) is 23.0. The average Bonchev–Trinajstić information content (AvgIpc) is 3.14. The zero-order valence-corrected chi connectivity index (χ0v) is 18.1. The number of nitrogens with zero attached hydrogens (tertiary/aromatic N) is 1. The van der Waals surface area contributed by atoms with Crippen molar-refractivity contribution in [2.45, 2.75) is 44.0 Å². The molecule has 0 radical (unpaired) electrons. The third-order valence-corrected chi connectivity index (χ3v) is 6.07. The van der Waals surface area contributed by atoms with Gasteiger partial charge in [-0.2, -0.15) is 0 Å². The van der Waals surface area contributed by atoms with Crippen molar-refractivity contribution in [3.8, 4) is 5.75 Å². The van der Waals surface area contributed by atoms with E-state index in [9.17, 15) is 24.8 Å². The fourth-order valence-corrected chi connectivity index (χ4v) is 4.42. The van der Waals surface area contributed by atoms with E-state index < -0.39 is 42.9 Å². The number of aliphatic hydroxyl groups is 4. The van der Waals surface area contributed by atoms with Crippen LogP contribution in [-0.4, -0.2) is 62.6 Å². The summed E-state index contributed by atoms with van der Waals surface area (Å²) in [5.74, 6) is 0.0189. The van der Waals surface area contributed by atoms with Crippen LogP contribution in [0.5, 0.6) is 5.75 Å². The number of hydrogen-bond donors (Lipinski definition) is 4. The van der Waals surface area contributed by atoms with E-state index in [0.717, 1.165) is 0 Å². The number of aromatic nitrogens is 1. The van der Waals surface area contributed by atoms with Gasteiger partial charge >= 0.3 is 0 Å². The molecular formula is C23H25ClFNO6. The number of ether oxygens (including phenoxy) is 2. The van der Waals surface area contributed by atoms with Crippen molar-refractivity contribution in [2.75, 3.05) is 13.2 Å². The Kier molecular flexibility index (Phi) is 6.71. The van der Waals surface area contributed by atoms with E-state index >= 15 is 0 Å². The van der Waals surface area contributed by atoms with Gasteiger partial charge in [0.1, 0.15) is 42.1 Å². The predicted octanol–water partition coefficient (Wildman–Crippen LogP) is 2.40. The summed E-state index contributed by atoms with van der Waals surface area (Å²) in [7, 11) is 0. The Morgan fingerprint density at radius 2 is 1.91 bits per heavy atom. The lowest BCUT2D eigenvalue weighted by atomic mass is 9.91. The maximum atomic E-state index is 14.7. The number of fused-ring (bicyclic) bond motifs is 1. The molecule has 1 aliphatic heterocycles. The van der Waals surface area contributed by atoms with Crippen LogP contribution >= 0.6 is 11.6 Å². The molecule has 2 aromatic carbocycles. The second-order valence-electron chi connectivity index (χ2n) is 7.78. The fourth-order valence-electron chi connectivity index (χ4n) is 4.14. The Balaban J connectivity index is 1.76. The van der Waals surface area contributed by atoms with E-state index in [1.807, 2.05) is 6.92 Å². The van der Waals surface area contributed by atoms with E-state index in [1.54, 1.807) is 41.1 Å². The molecule has 0 aliphatic carbocycles. The summed E-state index contributed by atoms with van der Waals surface area (Å²) in [5, 5.41) is 41.4. The second kappa shape index (κ2) is 9.35. The van der Waals surface area contributed by atoms with Crippen LogP contribution in [0.2, 0.25) is 5.02 Å². The summed E-state index contributed by atoms with van der Waals surface area (Å²) >= 11 is 6.47. The lowest BCUT2D eigenvalue weighted by Crippen LogP contribution is -2.55. The zero-order chi connectivity index (χ0) is 23.0. The predicted molar refractivity (Wildman–Crippen MR) is 116 cm³/mol. The van der Waals surface area contributed by atoms with Gasteiger partial charge in [-0.15, -0.1) is 0 Å². The highest BCUT2D eigenvalue weighted by molar-refractivity contribution is 6.35. The monoisotopic (exact) mass is 465 g/mol. The minimum Gasteiger partial charge on any atom is -0.494 e. The lowest BCUT2D eigenvalue weighted by Gasteiger charge is -2.40. The SMILES string of the molecule is CCOc1ccc(Cn2cc([C@@H]3O[C@H](CO)[C@@H](O)[C@H](O)[C@H]3O)c3c(Cl)cccc32)c(F)c1. The second-order valence-corrected chi connectivity index (χ2v) is 8.19. The third-order valence-electron chi connectivity index (χ3n) is 5.76. The molecular weight excluding hydrogens is 441 g/mol. The van der Waals surface area contributed by atoms with Gasteiger partial charge < -0.3 is 34.5 Å². The summed E-state index contributed by atoms with van der Waals surface area (Å²) in [6.45, 7) is 1.89. The van der Waals surface area contributed by atoms with E-state index in [4.69, 9.17) is 21.1 Å². The Bertz CT molecular complexity index is 1100. The highest BCUT2D eigenvalue weighted by Gasteiger charge is 2.45.